The maximum absolute atomic E-state index is 11.7. The standard InChI is InChI=1S/C11H18N4O4S/c1-6(2)15-5-12-14-11(15)20-4-8(17)13-9(7(3)16)10(18)19/h5-7,9,16H,4H2,1-3H3,(H,13,17)(H,18,19)/t7-,9+/m1/s1. The van der Waals surface area contributed by atoms with Crippen molar-refractivity contribution in [3.8, 4) is 0 Å². The molecule has 0 aliphatic rings. The second kappa shape index (κ2) is 7.25. The van der Waals surface area contributed by atoms with Crippen molar-refractivity contribution in [2.24, 2.45) is 0 Å². The fourth-order valence-electron chi connectivity index (χ4n) is 1.42. The molecule has 1 rings (SSSR count). The van der Waals surface area contributed by atoms with Crippen molar-refractivity contribution in [2.45, 2.75) is 44.1 Å². The Kier molecular flexibility index (Phi) is 5.96. The third kappa shape index (κ3) is 4.49. The minimum atomic E-state index is -1.31. The summed E-state index contributed by atoms with van der Waals surface area (Å²) in [6.45, 7) is 5.23. The first-order chi connectivity index (χ1) is 9.32. The minimum absolute atomic E-state index is 0.00190. The topological polar surface area (TPSA) is 117 Å². The van der Waals surface area contributed by atoms with Gasteiger partial charge in [-0.2, -0.15) is 0 Å². The average Bonchev–Trinajstić information content (AvgIpc) is 2.81. The number of carboxylic acid groups (broad SMARTS) is 1. The van der Waals surface area contributed by atoms with Gasteiger partial charge in [0.1, 0.15) is 6.33 Å². The number of thioether (sulfide) groups is 1. The van der Waals surface area contributed by atoms with Crippen LogP contribution in [0.4, 0.5) is 0 Å². The van der Waals surface area contributed by atoms with Gasteiger partial charge in [0.2, 0.25) is 5.91 Å². The van der Waals surface area contributed by atoms with Crippen LogP contribution < -0.4 is 5.32 Å². The first-order valence-electron chi connectivity index (χ1n) is 6.05. The van der Waals surface area contributed by atoms with Gasteiger partial charge in [0.25, 0.3) is 0 Å². The summed E-state index contributed by atoms with van der Waals surface area (Å²) in [6.07, 6.45) is 0.404. The predicted molar refractivity (Wildman–Crippen MR) is 72.4 cm³/mol. The summed E-state index contributed by atoms with van der Waals surface area (Å²) in [5, 5.41) is 28.6. The molecule has 0 bridgehead atoms. The Hall–Kier alpha value is -1.61. The van der Waals surface area contributed by atoms with Crippen molar-refractivity contribution >= 4 is 23.6 Å². The molecule has 0 radical (unpaired) electrons. The molecule has 0 saturated carbocycles. The van der Waals surface area contributed by atoms with Crippen LogP contribution in [-0.2, 0) is 9.59 Å². The zero-order chi connectivity index (χ0) is 15.3. The number of rotatable bonds is 7. The van der Waals surface area contributed by atoms with E-state index in [1.165, 1.54) is 6.92 Å². The Balaban J connectivity index is 2.55. The first kappa shape index (κ1) is 16.4. The molecule has 1 amide bonds. The SMILES string of the molecule is CC(C)n1cnnc1SCC(=O)N[C@H](C(=O)O)[C@@H](C)O. The molecule has 0 aromatic carbocycles. The molecule has 3 N–H and O–H groups in total. The zero-order valence-corrected chi connectivity index (χ0v) is 12.3. The second-order valence-corrected chi connectivity index (χ2v) is 5.47. The molecule has 0 spiro atoms. The average molecular weight is 302 g/mol. The van der Waals surface area contributed by atoms with Gasteiger partial charge in [0.05, 0.1) is 11.9 Å². The van der Waals surface area contributed by atoms with Crippen LogP contribution in [0.5, 0.6) is 0 Å². The zero-order valence-electron chi connectivity index (χ0n) is 11.5. The molecule has 1 heterocycles. The van der Waals surface area contributed by atoms with Crippen LogP contribution in [0.25, 0.3) is 0 Å². The number of hydrogen-bond donors (Lipinski definition) is 3. The van der Waals surface area contributed by atoms with Crippen LogP contribution in [0.2, 0.25) is 0 Å². The number of aliphatic carboxylic acids is 1. The normalized spacial score (nSPS) is 14.1. The van der Waals surface area contributed by atoms with E-state index in [1.54, 1.807) is 10.9 Å². The number of nitrogens with one attached hydrogen (secondary N) is 1. The Labute approximate surface area is 120 Å². The number of carboxylic acids is 1. The van der Waals surface area contributed by atoms with E-state index in [4.69, 9.17) is 5.11 Å². The number of nitrogens with zero attached hydrogens (tertiary/aromatic N) is 3. The lowest BCUT2D eigenvalue weighted by Gasteiger charge is -2.16. The van der Waals surface area contributed by atoms with Crippen LogP contribution in [0.3, 0.4) is 0 Å². The number of aromatic nitrogens is 3. The third-order valence-corrected chi connectivity index (χ3v) is 3.45. The van der Waals surface area contributed by atoms with Crippen LogP contribution in [0.15, 0.2) is 11.5 Å². The van der Waals surface area contributed by atoms with Crippen molar-refractivity contribution in [1.82, 2.24) is 20.1 Å². The van der Waals surface area contributed by atoms with E-state index in [1.807, 2.05) is 13.8 Å². The Morgan fingerprint density at radius 2 is 2.10 bits per heavy atom. The lowest BCUT2D eigenvalue weighted by atomic mass is 10.2. The quantitative estimate of drug-likeness (QED) is 0.602. The van der Waals surface area contributed by atoms with E-state index in [0.717, 1.165) is 11.8 Å². The van der Waals surface area contributed by atoms with Gasteiger partial charge >= 0.3 is 5.97 Å². The van der Waals surface area contributed by atoms with Gasteiger partial charge in [-0.1, -0.05) is 11.8 Å². The molecule has 0 aliphatic carbocycles. The molecule has 1 aromatic heterocycles. The van der Waals surface area contributed by atoms with Crippen LogP contribution in [0.1, 0.15) is 26.8 Å². The highest BCUT2D eigenvalue weighted by Crippen LogP contribution is 2.18. The van der Waals surface area contributed by atoms with E-state index >= 15 is 0 Å². The third-order valence-electron chi connectivity index (χ3n) is 2.49. The molecule has 20 heavy (non-hydrogen) atoms. The highest BCUT2D eigenvalue weighted by Gasteiger charge is 2.25. The Bertz CT molecular complexity index is 475. The van der Waals surface area contributed by atoms with Gasteiger partial charge < -0.3 is 20.1 Å². The van der Waals surface area contributed by atoms with E-state index < -0.39 is 24.0 Å². The van der Waals surface area contributed by atoms with Crippen LogP contribution >= 0.6 is 11.8 Å². The van der Waals surface area contributed by atoms with Gasteiger partial charge in [0.15, 0.2) is 11.2 Å². The lowest BCUT2D eigenvalue weighted by Crippen LogP contribution is -2.48. The van der Waals surface area contributed by atoms with Crippen LogP contribution in [0, 0.1) is 0 Å². The molecule has 112 valence electrons. The maximum atomic E-state index is 11.7. The molecular weight excluding hydrogens is 284 g/mol. The highest BCUT2D eigenvalue weighted by molar-refractivity contribution is 7.99. The van der Waals surface area contributed by atoms with E-state index in [2.05, 4.69) is 15.5 Å². The highest BCUT2D eigenvalue weighted by atomic mass is 32.2. The molecule has 2 atom stereocenters. The Morgan fingerprint density at radius 3 is 2.60 bits per heavy atom. The van der Waals surface area contributed by atoms with Crippen molar-refractivity contribution in [3.63, 3.8) is 0 Å². The summed E-state index contributed by atoms with van der Waals surface area (Å²) in [4.78, 5) is 22.5. The summed E-state index contributed by atoms with van der Waals surface area (Å²) in [7, 11) is 0. The van der Waals surface area contributed by atoms with Gasteiger partial charge in [0, 0.05) is 6.04 Å². The summed E-state index contributed by atoms with van der Waals surface area (Å²) in [5.41, 5.74) is 0. The second-order valence-electron chi connectivity index (χ2n) is 4.53. The van der Waals surface area contributed by atoms with Crippen molar-refractivity contribution in [3.05, 3.63) is 6.33 Å². The van der Waals surface area contributed by atoms with Gasteiger partial charge in [-0.15, -0.1) is 10.2 Å². The van der Waals surface area contributed by atoms with Crippen LogP contribution in [-0.4, -0.2) is 54.8 Å². The van der Waals surface area contributed by atoms with Gasteiger partial charge in [-0.3, -0.25) is 4.79 Å². The number of amides is 1. The fourth-order valence-corrected chi connectivity index (χ4v) is 2.28. The summed E-state index contributed by atoms with van der Waals surface area (Å²) in [5.74, 6) is -1.76. The maximum Gasteiger partial charge on any atom is 0.328 e. The predicted octanol–water partition coefficient (Wildman–Crippen LogP) is -0.0987. The number of hydrogen-bond acceptors (Lipinski definition) is 6. The minimum Gasteiger partial charge on any atom is -0.480 e. The van der Waals surface area contributed by atoms with E-state index in [-0.39, 0.29) is 11.8 Å². The molecule has 1 aromatic rings. The summed E-state index contributed by atoms with van der Waals surface area (Å²) >= 11 is 1.16. The van der Waals surface area contributed by atoms with Gasteiger partial charge in [-0.25, -0.2) is 4.79 Å². The fraction of sp³-hybridized carbons (Fsp3) is 0.636. The Morgan fingerprint density at radius 1 is 1.45 bits per heavy atom. The first-order valence-corrected chi connectivity index (χ1v) is 7.04. The smallest absolute Gasteiger partial charge is 0.328 e. The number of carbonyl (C=O) groups excluding carboxylic acids is 1. The van der Waals surface area contributed by atoms with E-state index in [0.29, 0.717) is 5.16 Å². The molecule has 9 heteroatoms. The molecule has 0 aliphatic heterocycles. The molecule has 0 saturated heterocycles. The number of carbonyl (C=O) groups is 2. The molecule has 0 unspecified atom stereocenters. The molecule has 0 fully saturated rings. The summed E-state index contributed by atoms with van der Waals surface area (Å²) < 4.78 is 1.81. The molecule has 8 nitrogen and oxygen atoms in total. The van der Waals surface area contributed by atoms with Crippen molar-refractivity contribution < 1.29 is 19.8 Å². The molecular formula is C11H18N4O4S. The number of aliphatic hydroxyl groups is 1. The van der Waals surface area contributed by atoms with Crippen molar-refractivity contribution in [1.29, 1.82) is 0 Å². The largest absolute Gasteiger partial charge is 0.480 e. The lowest BCUT2D eigenvalue weighted by molar-refractivity contribution is -0.144. The summed E-state index contributed by atoms with van der Waals surface area (Å²) in [6, 6.07) is -1.15. The van der Waals surface area contributed by atoms with E-state index in [9.17, 15) is 14.7 Å². The monoisotopic (exact) mass is 302 g/mol. The van der Waals surface area contributed by atoms with Gasteiger partial charge in [-0.05, 0) is 20.8 Å². The number of aliphatic hydroxyl groups excluding tert-OH is 1. The van der Waals surface area contributed by atoms with Crippen molar-refractivity contribution in [2.75, 3.05) is 5.75 Å².